The van der Waals surface area contributed by atoms with Gasteiger partial charge in [-0.1, -0.05) is 6.92 Å². The minimum Gasteiger partial charge on any atom is -0.350 e. The van der Waals surface area contributed by atoms with Crippen LogP contribution in [0.25, 0.3) is 0 Å². The highest BCUT2D eigenvalue weighted by atomic mass is 16.2. The van der Waals surface area contributed by atoms with Gasteiger partial charge in [0.15, 0.2) is 0 Å². The molecule has 0 radical (unpaired) electrons. The van der Waals surface area contributed by atoms with Crippen LogP contribution in [0.5, 0.6) is 0 Å². The smallest absolute Gasteiger partial charge is 0.242 e. The molecule has 5 heteroatoms. The second kappa shape index (κ2) is 6.57. The third-order valence-corrected chi connectivity index (χ3v) is 3.86. The van der Waals surface area contributed by atoms with Gasteiger partial charge in [-0.05, 0) is 52.9 Å². The van der Waals surface area contributed by atoms with E-state index in [4.69, 9.17) is 5.73 Å². The number of carbonyl (C=O) groups is 2. The summed E-state index contributed by atoms with van der Waals surface area (Å²) < 4.78 is 0. The maximum absolute atomic E-state index is 12.2. The predicted octanol–water partition coefficient (Wildman–Crippen LogP) is 1.17. The fraction of sp³-hybridized carbons (Fsp3) is 0.867. The molecule has 4 N–H and O–H groups in total. The summed E-state index contributed by atoms with van der Waals surface area (Å²) in [6, 6.07) is -0.312. The first kappa shape index (κ1) is 17.0. The van der Waals surface area contributed by atoms with E-state index in [1.54, 1.807) is 6.92 Å². The fourth-order valence-electron chi connectivity index (χ4n) is 2.53. The van der Waals surface area contributed by atoms with Crippen LogP contribution < -0.4 is 16.4 Å². The van der Waals surface area contributed by atoms with Crippen LogP contribution in [-0.4, -0.2) is 29.4 Å². The molecular weight excluding hydrogens is 254 g/mol. The van der Waals surface area contributed by atoms with E-state index in [1.165, 1.54) is 0 Å². The van der Waals surface area contributed by atoms with Crippen molar-refractivity contribution in [3.8, 4) is 0 Å². The molecule has 0 aliphatic heterocycles. The Morgan fingerprint density at radius 2 is 1.85 bits per heavy atom. The molecular formula is C15H29N3O2. The van der Waals surface area contributed by atoms with Crippen LogP contribution in [0.3, 0.4) is 0 Å². The molecule has 1 fully saturated rings. The van der Waals surface area contributed by atoms with Crippen molar-refractivity contribution in [3.05, 3.63) is 0 Å². The van der Waals surface area contributed by atoms with Gasteiger partial charge in [0, 0.05) is 17.5 Å². The van der Waals surface area contributed by atoms with Crippen molar-refractivity contribution in [1.29, 1.82) is 0 Å². The normalized spacial score (nSPS) is 28.6. The molecule has 2 amide bonds. The molecule has 20 heavy (non-hydrogen) atoms. The Morgan fingerprint density at radius 1 is 1.25 bits per heavy atom. The molecule has 0 aromatic heterocycles. The third kappa shape index (κ3) is 5.12. The van der Waals surface area contributed by atoms with Crippen LogP contribution in [0.2, 0.25) is 0 Å². The Hall–Kier alpha value is -1.10. The number of nitrogens with two attached hydrogens (primary N) is 1. The lowest BCUT2D eigenvalue weighted by molar-refractivity contribution is -0.132. The molecule has 1 saturated carbocycles. The van der Waals surface area contributed by atoms with Crippen molar-refractivity contribution >= 4 is 11.8 Å². The van der Waals surface area contributed by atoms with E-state index in [9.17, 15) is 9.59 Å². The number of hydrogen-bond donors (Lipinski definition) is 3. The lowest BCUT2D eigenvalue weighted by atomic mass is 9.79. The van der Waals surface area contributed by atoms with Gasteiger partial charge < -0.3 is 16.4 Å². The van der Waals surface area contributed by atoms with Gasteiger partial charge in [-0.3, -0.25) is 9.59 Å². The lowest BCUT2D eigenvalue weighted by Gasteiger charge is -2.32. The maximum atomic E-state index is 12.2. The summed E-state index contributed by atoms with van der Waals surface area (Å²) in [5.74, 6) is 0.166. The van der Waals surface area contributed by atoms with Gasteiger partial charge in [0.2, 0.25) is 11.8 Å². The van der Waals surface area contributed by atoms with Crippen molar-refractivity contribution in [2.24, 2.45) is 17.6 Å². The second-order valence-electron chi connectivity index (χ2n) is 7.12. The Kier molecular flexibility index (Phi) is 5.57. The zero-order valence-corrected chi connectivity index (χ0v) is 13.3. The van der Waals surface area contributed by atoms with E-state index >= 15 is 0 Å². The van der Waals surface area contributed by atoms with Gasteiger partial charge in [-0.25, -0.2) is 0 Å². The molecule has 1 aliphatic rings. The minimum absolute atomic E-state index is 0.0188. The van der Waals surface area contributed by atoms with E-state index in [0.29, 0.717) is 5.92 Å². The zero-order valence-electron chi connectivity index (χ0n) is 13.3. The highest BCUT2D eigenvalue weighted by molar-refractivity contribution is 5.88. The van der Waals surface area contributed by atoms with Crippen LogP contribution in [0, 0.1) is 11.8 Å². The van der Waals surface area contributed by atoms with E-state index in [1.807, 2.05) is 20.8 Å². The number of hydrogen-bond acceptors (Lipinski definition) is 3. The van der Waals surface area contributed by atoms with Gasteiger partial charge in [0.05, 0.1) is 0 Å². The molecule has 116 valence electrons. The zero-order chi connectivity index (χ0) is 15.5. The quantitative estimate of drug-likeness (QED) is 0.727. The van der Waals surface area contributed by atoms with Gasteiger partial charge in [-0.15, -0.1) is 0 Å². The fourth-order valence-corrected chi connectivity index (χ4v) is 2.53. The van der Waals surface area contributed by atoms with Crippen LogP contribution in [0.4, 0.5) is 0 Å². The van der Waals surface area contributed by atoms with Gasteiger partial charge in [0.1, 0.15) is 6.04 Å². The molecule has 1 rings (SSSR count). The Morgan fingerprint density at radius 3 is 2.35 bits per heavy atom. The molecule has 0 aromatic rings. The number of rotatable bonds is 3. The average molecular weight is 283 g/mol. The van der Waals surface area contributed by atoms with Crippen molar-refractivity contribution in [2.75, 3.05) is 0 Å². The lowest BCUT2D eigenvalue weighted by Crippen LogP contribution is -2.52. The molecule has 4 unspecified atom stereocenters. The van der Waals surface area contributed by atoms with E-state index in [-0.39, 0.29) is 29.3 Å². The van der Waals surface area contributed by atoms with Crippen LogP contribution in [0.15, 0.2) is 0 Å². The van der Waals surface area contributed by atoms with Crippen molar-refractivity contribution < 1.29 is 9.59 Å². The Balaban J connectivity index is 2.47. The summed E-state index contributed by atoms with van der Waals surface area (Å²) in [4.78, 5) is 24.1. The summed E-state index contributed by atoms with van der Waals surface area (Å²) >= 11 is 0. The van der Waals surface area contributed by atoms with E-state index in [2.05, 4.69) is 17.6 Å². The van der Waals surface area contributed by atoms with Crippen molar-refractivity contribution in [1.82, 2.24) is 10.6 Å². The first-order valence-electron chi connectivity index (χ1n) is 7.48. The number of nitrogens with one attached hydrogen (secondary N) is 2. The van der Waals surface area contributed by atoms with Crippen LogP contribution in [-0.2, 0) is 9.59 Å². The molecule has 1 aliphatic carbocycles. The molecule has 0 heterocycles. The van der Waals surface area contributed by atoms with Crippen molar-refractivity contribution in [2.45, 2.75) is 71.5 Å². The third-order valence-electron chi connectivity index (χ3n) is 3.86. The molecule has 5 nitrogen and oxygen atoms in total. The van der Waals surface area contributed by atoms with Gasteiger partial charge >= 0.3 is 0 Å². The predicted molar refractivity (Wildman–Crippen MR) is 80.0 cm³/mol. The summed E-state index contributed by atoms with van der Waals surface area (Å²) in [5.41, 5.74) is 5.67. The number of amides is 2. The highest BCUT2D eigenvalue weighted by Gasteiger charge is 2.31. The molecule has 0 saturated heterocycles. The second-order valence-corrected chi connectivity index (χ2v) is 7.12. The molecule has 0 aromatic carbocycles. The highest BCUT2D eigenvalue weighted by Crippen LogP contribution is 2.28. The molecule has 0 bridgehead atoms. The monoisotopic (exact) mass is 283 g/mol. The van der Waals surface area contributed by atoms with Crippen LogP contribution in [0.1, 0.15) is 53.9 Å². The van der Waals surface area contributed by atoms with Gasteiger partial charge in [0.25, 0.3) is 0 Å². The standard InChI is InChI=1S/C15H29N3O2/c1-9-8-11(6-7-12(9)16)14(20)17-10(2)13(19)18-15(3,4)5/h9-12H,6-8,16H2,1-5H3,(H,17,20)(H,18,19). The maximum Gasteiger partial charge on any atom is 0.242 e. The first-order valence-corrected chi connectivity index (χ1v) is 7.48. The summed E-state index contributed by atoms with van der Waals surface area (Å²) in [6.07, 6.45) is 2.49. The van der Waals surface area contributed by atoms with Gasteiger partial charge in [-0.2, -0.15) is 0 Å². The van der Waals surface area contributed by atoms with E-state index in [0.717, 1.165) is 19.3 Å². The minimum atomic E-state index is -0.507. The topological polar surface area (TPSA) is 84.2 Å². The summed E-state index contributed by atoms with van der Waals surface area (Å²) in [6.45, 7) is 9.56. The van der Waals surface area contributed by atoms with E-state index < -0.39 is 6.04 Å². The Labute approximate surface area is 122 Å². The molecule has 4 atom stereocenters. The Bertz CT molecular complexity index is 363. The largest absolute Gasteiger partial charge is 0.350 e. The van der Waals surface area contributed by atoms with Crippen molar-refractivity contribution in [3.63, 3.8) is 0 Å². The SMILES string of the molecule is CC(NC(=O)C1CCC(N)C(C)C1)C(=O)NC(C)(C)C. The van der Waals surface area contributed by atoms with Crippen LogP contribution >= 0.6 is 0 Å². The summed E-state index contributed by atoms with van der Waals surface area (Å²) in [5, 5.41) is 5.68. The number of carbonyl (C=O) groups excluding carboxylic acids is 2. The molecule has 0 spiro atoms. The summed E-state index contributed by atoms with van der Waals surface area (Å²) in [7, 11) is 0. The first-order chi connectivity index (χ1) is 9.10. The average Bonchev–Trinajstić information content (AvgIpc) is 2.30.